The van der Waals surface area contributed by atoms with Crippen LogP contribution in [-0.4, -0.2) is 40.6 Å². The summed E-state index contributed by atoms with van der Waals surface area (Å²) >= 11 is 0. The van der Waals surface area contributed by atoms with E-state index in [1.54, 1.807) is 12.3 Å². The lowest BCUT2D eigenvalue weighted by Crippen LogP contribution is -2.30. The molecule has 0 bridgehead atoms. The third-order valence-electron chi connectivity index (χ3n) is 4.48. The number of likely N-dealkylation sites (tertiary alicyclic amines) is 1. The number of fused-ring (bicyclic) bond motifs is 1. The molecule has 2 atom stereocenters. The lowest BCUT2D eigenvalue weighted by atomic mass is 10.0. The second-order valence-corrected chi connectivity index (χ2v) is 5.84. The van der Waals surface area contributed by atoms with Crippen LogP contribution in [0.25, 0.3) is 0 Å². The van der Waals surface area contributed by atoms with Crippen molar-refractivity contribution in [2.24, 2.45) is 11.8 Å². The van der Waals surface area contributed by atoms with E-state index in [0.717, 1.165) is 13.1 Å². The largest absolute Gasteiger partial charge is 0.395 e. The van der Waals surface area contributed by atoms with Gasteiger partial charge < -0.3 is 10.0 Å². The van der Waals surface area contributed by atoms with Crippen molar-refractivity contribution in [2.45, 2.75) is 25.7 Å². The summed E-state index contributed by atoms with van der Waals surface area (Å²) in [5, 5.41) is 8.79. The topological polar surface area (TPSA) is 53.4 Å². The van der Waals surface area contributed by atoms with Crippen molar-refractivity contribution in [3.8, 4) is 11.8 Å². The van der Waals surface area contributed by atoms with Gasteiger partial charge in [-0.15, -0.1) is 0 Å². The van der Waals surface area contributed by atoms with E-state index in [2.05, 4.69) is 16.8 Å². The zero-order valence-electron chi connectivity index (χ0n) is 12.1. The van der Waals surface area contributed by atoms with Gasteiger partial charge in [0, 0.05) is 25.7 Å². The third kappa shape index (κ3) is 2.93. The Bertz CT molecular complexity index is 576. The molecule has 1 saturated carbocycles. The van der Waals surface area contributed by atoms with Gasteiger partial charge in [0.1, 0.15) is 5.69 Å². The fourth-order valence-electron chi connectivity index (χ4n) is 3.44. The second-order valence-electron chi connectivity index (χ2n) is 5.84. The number of carbonyl (C=O) groups excluding carboxylic acids is 1. The first-order valence-electron chi connectivity index (χ1n) is 7.63. The van der Waals surface area contributed by atoms with Crippen LogP contribution in [0.15, 0.2) is 18.3 Å². The summed E-state index contributed by atoms with van der Waals surface area (Å²) in [6.07, 6.45) is 5.86. The van der Waals surface area contributed by atoms with E-state index in [9.17, 15) is 4.79 Å². The molecule has 1 aliphatic carbocycles. The van der Waals surface area contributed by atoms with E-state index in [0.29, 0.717) is 29.5 Å². The van der Waals surface area contributed by atoms with Crippen molar-refractivity contribution < 1.29 is 9.90 Å². The van der Waals surface area contributed by atoms with E-state index >= 15 is 0 Å². The summed E-state index contributed by atoms with van der Waals surface area (Å²) in [4.78, 5) is 18.9. The number of pyridine rings is 1. The minimum absolute atomic E-state index is 0.00158. The van der Waals surface area contributed by atoms with E-state index in [1.165, 1.54) is 19.3 Å². The number of aromatic nitrogens is 1. The Morgan fingerprint density at radius 3 is 2.86 bits per heavy atom. The molecule has 3 rings (SSSR count). The van der Waals surface area contributed by atoms with Crippen LogP contribution < -0.4 is 0 Å². The van der Waals surface area contributed by atoms with Gasteiger partial charge in [0.15, 0.2) is 0 Å². The number of carbonyl (C=O) groups is 1. The minimum Gasteiger partial charge on any atom is -0.395 e. The monoisotopic (exact) mass is 284 g/mol. The summed E-state index contributed by atoms with van der Waals surface area (Å²) in [6, 6.07) is 3.61. The van der Waals surface area contributed by atoms with Crippen LogP contribution >= 0.6 is 0 Å². The second kappa shape index (κ2) is 6.28. The van der Waals surface area contributed by atoms with Crippen LogP contribution in [0.3, 0.4) is 0 Å². The summed E-state index contributed by atoms with van der Waals surface area (Å²) in [5.41, 5.74) is 1.11. The quantitative estimate of drug-likeness (QED) is 0.841. The average molecular weight is 284 g/mol. The highest BCUT2D eigenvalue weighted by Crippen LogP contribution is 2.38. The highest BCUT2D eigenvalue weighted by Gasteiger charge is 2.38. The summed E-state index contributed by atoms with van der Waals surface area (Å²) in [5.74, 6) is 7.18. The van der Waals surface area contributed by atoms with Crippen LogP contribution in [0, 0.1) is 23.7 Å². The molecule has 0 radical (unpaired) electrons. The number of hydrogen-bond acceptors (Lipinski definition) is 3. The number of aliphatic hydroxyl groups excluding tert-OH is 1. The Labute approximate surface area is 125 Å². The first kappa shape index (κ1) is 14.1. The van der Waals surface area contributed by atoms with Crippen molar-refractivity contribution >= 4 is 5.91 Å². The van der Waals surface area contributed by atoms with Crippen LogP contribution in [0.2, 0.25) is 0 Å². The molecule has 0 aromatic carbocycles. The Morgan fingerprint density at radius 1 is 1.38 bits per heavy atom. The Morgan fingerprint density at radius 2 is 2.14 bits per heavy atom. The first-order chi connectivity index (χ1) is 10.3. The van der Waals surface area contributed by atoms with Crippen LogP contribution in [0.4, 0.5) is 0 Å². The normalized spacial score (nSPS) is 23.6. The molecule has 1 aromatic heterocycles. The highest BCUT2D eigenvalue weighted by atomic mass is 16.2. The standard InChI is InChI=1S/C17H20N2O2/c20-10-2-1-5-13-8-4-9-18-16(13)17(21)19-11-14-6-3-7-15(14)12-19/h4,8-9,14-15,20H,2-3,6-7,10-12H2. The number of amides is 1. The Balaban J connectivity index is 1.77. The smallest absolute Gasteiger partial charge is 0.273 e. The molecule has 1 amide bonds. The average Bonchev–Trinajstić information content (AvgIpc) is 3.08. The summed E-state index contributed by atoms with van der Waals surface area (Å²) in [7, 11) is 0. The summed E-state index contributed by atoms with van der Waals surface area (Å²) in [6.45, 7) is 1.76. The van der Waals surface area contributed by atoms with Gasteiger partial charge in [0.05, 0.1) is 12.2 Å². The first-order valence-corrected chi connectivity index (χ1v) is 7.63. The van der Waals surface area contributed by atoms with Gasteiger partial charge in [0.25, 0.3) is 5.91 Å². The molecule has 1 aliphatic heterocycles. The van der Waals surface area contributed by atoms with Gasteiger partial charge in [-0.05, 0) is 36.8 Å². The van der Waals surface area contributed by atoms with Gasteiger partial charge in [-0.2, -0.15) is 0 Å². The number of aliphatic hydroxyl groups is 1. The van der Waals surface area contributed by atoms with E-state index in [4.69, 9.17) is 5.11 Å². The Kier molecular flexibility index (Phi) is 4.21. The van der Waals surface area contributed by atoms with Crippen molar-refractivity contribution in [3.05, 3.63) is 29.6 Å². The molecule has 2 aliphatic rings. The van der Waals surface area contributed by atoms with Gasteiger partial charge in [-0.25, -0.2) is 4.98 Å². The predicted octanol–water partition coefficient (Wildman–Crippen LogP) is 1.69. The van der Waals surface area contributed by atoms with Gasteiger partial charge in [-0.3, -0.25) is 4.79 Å². The summed E-state index contributed by atoms with van der Waals surface area (Å²) < 4.78 is 0. The van der Waals surface area contributed by atoms with E-state index < -0.39 is 0 Å². The molecule has 1 aromatic rings. The molecular weight excluding hydrogens is 264 g/mol. The van der Waals surface area contributed by atoms with Crippen LogP contribution in [0.1, 0.15) is 41.7 Å². The molecule has 21 heavy (non-hydrogen) atoms. The number of rotatable bonds is 2. The molecule has 0 spiro atoms. The lowest BCUT2D eigenvalue weighted by Gasteiger charge is -2.17. The van der Waals surface area contributed by atoms with E-state index in [1.807, 2.05) is 11.0 Å². The van der Waals surface area contributed by atoms with Crippen LogP contribution in [0.5, 0.6) is 0 Å². The molecular formula is C17H20N2O2. The van der Waals surface area contributed by atoms with Gasteiger partial charge >= 0.3 is 0 Å². The number of nitrogens with zero attached hydrogens (tertiary/aromatic N) is 2. The molecule has 110 valence electrons. The molecule has 2 unspecified atom stereocenters. The zero-order valence-corrected chi connectivity index (χ0v) is 12.1. The van der Waals surface area contributed by atoms with Crippen LogP contribution in [-0.2, 0) is 0 Å². The Hall–Kier alpha value is -1.86. The third-order valence-corrected chi connectivity index (χ3v) is 4.48. The molecule has 4 heteroatoms. The van der Waals surface area contributed by atoms with Gasteiger partial charge in [0.2, 0.25) is 0 Å². The van der Waals surface area contributed by atoms with E-state index in [-0.39, 0.29) is 12.5 Å². The molecule has 2 heterocycles. The van der Waals surface area contributed by atoms with Gasteiger partial charge in [-0.1, -0.05) is 18.3 Å². The number of hydrogen-bond donors (Lipinski definition) is 1. The minimum atomic E-state index is -0.00158. The maximum absolute atomic E-state index is 12.7. The maximum Gasteiger partial charge on any atom is 0.273 e. The van der Waals surface area contributed by atoms with Crippen molar-refractivity contribution in [3.63, 3.8) is 0 Å². The fourth-order valence-corrected chi connectivity index (χ4v) is 3.44. The van der Waals surface area contributed by atoms with Crippen molar-refractivity contribution in [2.75, 3.05) is 19.7 Å². The maximum atomic E-state index is 12.7. The van der Waals surface area contributed by atoms with Crippen molar-refractivity contribution in [1.82, 2.24) is 9.88 Å². The molecule has 4 nitrogen and oxygen atoms in total. The highest BCUT2D eigenvalue weighted by molar-refractivity contribution is 5.95. The molecule has 1 saturated heterocycles. The fraction of sp³-hybridized carbons (Fsp3) is 0.529. The molecule has 1 N–H and O–H groups in total. The zero-order chi connectivity index (χ0) is 14.7. The molecule has 2 fully saturated rings. The predicted molar refractivity (Wildman–Crippen MR) is 79.6 cm³/mol. The lowest BCUT2D eigenvalue weighted by molar-refractivity contribution is 0.0774. The van der Waals surface area contributed by atoms with Crippen molar-refractivity contribution in [1.29, 1.82) is 0 Å². The SMILES string of the molecule is O=C(c1ncccc1C#CCCO)N1CC2CCCC2C1.